The maximum Gasteiger partial charge on any atom is 0.328 e. The number of hydrogen-bond acceptors (Lipinski definition) is 7. The van der Waals surface area contributed by atoms with E-state index in [9.17, 15) is 24.3 Å². The second-order valence-corrected chi connectivity index (χ2v) is 7.98. The van der Waals surface area contributed by atoms with Crippen LogP contribution in [0, 0.1) is 5.92 Å². The maximum absolute atomic E-state index is 12.6. The summed E-state index contributed by atoms with van der Waals surface area (Å²) in [5.41, 5.74) is 6.40. The fourth-order valence-corrected chi connectivity index (χ4v) is 2.83. The quantitative estimate of drug-likeness (QED) is 0.207. The van der Waals surface area contributed by atoms with Gasteiger partial charge in [-0.2, -0.15) is 0 Å². The Hall–Kier alpha value is -3.18. The maximum atomic E-state index is 12.6. The van der Waals surface area contributed by atoms with E-state index in [-0.39, 0.29) is 18.1 Å². The molecule has 1 aromatic carbocycles. The highest BCUT2D eigenvalue weighted by Crippen LogP contribution is 2.12. The van der Waals surface area contributed by atoms with Crippen LogP contribution in [0.5, 0.6) is 5.75 Å². The minimum atomic E-state index is -1.55. The Kier molecular flexibility index (Phi) is 10.6. The smallest absolute Gasteiger partial charge is 0.328 e. The SMILES string of the molecule is CC(C)CC(N)C(=O)NC(C)C(=O)NC(Cc1ccc(O)cc1)C(=O)NC(CO)C(=O)O. The molecule has 0 bridgehead atoms. The standard InChI is InChI=1S/C21H32N4O7/c1-11(2)8-15(22)19(29)23-12(3)18(28)24-16(9-13-4-6-14(27)7-5-13)20(30)25-17(10-26)21(31)32/h4-7,11-12,15-17,26-27H,8-10,22H2,1-3H3,(H,23,29)(H,24,28)(H,25,30)(H,31,32). The van der Waals surface area contributed by atoms with Gasteiger partial charge in [0.2, 0.25) is 17.7 Å². The molecule has 4 atom stereocenters. The number of aliphatic carboxylic acids is 1. The van der Waals surface area contributed by atoms with E-state index in [1.807, 2.05) is 13.8 Å². The molecule has 1 aromatic rings. The van der Waals surface area contributed by atoms with Gasteiger partial charge in [0.15, 0.2) is 0 Å². The molecule has 8 N–H and O–H groups in total. The normalized spacial score (nSPS) is 14.7. The largest absolute Gasteiger partial charge is 0.508 e. The molecule has 0 spiro atoms. The molecule has 32 heavy (non-hydrogen) atoms. The van der Waals surface area contributed by atoms with E-state index >= 15 is 0 Å². The van der Waals surface area contributed by atoms with Crippen LogP contribution in [0.2, 0.25) is 0 Å². The summed E-state index contributed by atoms with van der Waals surface area (Å²) in [5, 5.41) is 34.8. The van der Waals surface area contributed by atoms with Crippen molar-refractivity contribution in [3.8, 4) is 5.75 Å². The Balaban J connectivity index is 2.91. The summed E-state index contributed by atoms with van der Waals surface area (Å²) >= 11 is 0. The Morgan fingerprint density at radius 1 is 0.906 bits per heavy atom. The lowest BCUT2D eigenvalue weighted by Gasteiger charge is -2.23. The molecule has 0 fully saturated rings. The fraction of sp³-hybridized carbons (Fsp3) is 0.524. The molecular formula is C21H32N4O7. The van der Waals surface area contributed by atoms with E-state index < -0.39 is 54.5 Å². The number of aromatic hydroxyl groups is 1. The third kappa shape index (κ3) is 8.90. The Bertz CT molecular complexity index is 798. The summed E-state index contributed by atoms with van der Waals surface area (Å²) in [4.78, 5) is 48.6. The van der Waals surface area contributed by atoms with Gasteiger partial charge in [0.1, 0.15) is 23.9 Å². The van der Waals surface area contributed by atoms with E-state index in [0.29, 0.717) is 12.0 Å². The van der Waals surface area contributed by atoms with Crippen molar-refractivity contribution in [2.45, 2.75) is 57.8 Å². The monoisotopic (exact) mass is 452 g/mol. The van der Waals surface area contributed by atoms with Gasteiger partial charge in [0.25, 0.3) is 0 Å². The topological polar surface area (TPSA) is 191 Å². The van der Waals surface area contributed by atoms with Gasteiger partial charge in [-0.15, -0.1) is 0 Å². The molecule has 0 aliphatic carbocycles. The minimum absolute atomic E-state index is 0.0130. The van der Waals surface area contributed by atoms with E-state index in [4.69, 9.17) is 15.9 Å². The van der Waals surface area contributed by atoms with Crippen LogP contribution in [0.25, 0.3) is 0 Å². The molecule has 0 aromatic heterocycles. The van der Waals surface area contributed by atoms with Gasteiger partial charge in [-0.3, -0.25) is 14.4 Å². The molecular weight excluding hydrogens is 420 g/mol. The first-order valence-electron chi connectivity index (χ1n) is 10.2. The molecule has 1 rings (SSSR count). The number of carbonyl (C=O) groups excluding carboxylic acids is 3. The zero-order valence-corrected chi connectivity index (χ0v) is 18.4. The molecule has 0 aliphatic rings. The second kappa shape index (κ2) is 12.6. The van der Waals surface area contributed by atoms with E-state index in [2.05, 4.69) is 16.0 Å². The van der Waals surface area contributed by atoms with E-state index in [0.717, 1.165) is 0 Å². The number of carbonyl (C=O) groups is 4. The zero-order valence-electron chi connectivity index (χ0n) is 18.4. The number of nitrogens with one attached hydrogen (secondary N) is 3. The number of nitrogens with two attached hydrogens (primary N) is 1. The lowest BCUT2D eigenvalue weighted by molar-refractivity contribution is -0.143. The van der Waals surface area contributed by atoms with Gasteiger partial charge in [0.05, 0.1) is 12.6 Å². The van der Waals surface area contributed by atoms with Gasteiger partial charge < -0.3 is 37.0 Å². The third-order valence-electron chi connectivity index (χ3n) is 4.62. The molecule has 11 nitrogen and oxygen atoms in total. The predicted molar refractivity (Wildman–Crippen MR) is 115 cm³/mol. The van der Waals surface area contributed by atoms with Crippen LogP contribution in [0.15, 0.2) is 24.3 Å². The van der Waals surface area contributed by atoms with Crippen LogP contribution in [0.1, 0.15) is 32.8 Å². The lowest BCUT2D eigenvalue weighted by atomic mass is 10.0. The summed E-state index contributed by atoms with van der Waals surface area (Å²) < 4.78 is 0. The number of aliphatic hydroxyl groups is 1. The average Bonchev–Trinajstić information content (AvgIpc) is 2.71. The van der Waals surface area contributed by atoms with Crippen molar-refractivity contribution < 1.29 is 34.5 Å². The van der Waals surface area contributed by atoms with E-state index in [1.54, 1.807) is 12.1 Å². The molecule has 4 unspecified atom stereocenters. The van der Waals surface area contributed by atoms with Crippen molar-refractivity contribution >= 4 is 23.7 Å². The second-order valence-electron chi connectivity index (χ2n) is 7.98. The molecule has 0 heterocycles. The predicted octanol–water partition coefficient (Wildman–Crippen LogP) is -1.14. The number of hydrogen-bond donors (Lipinski definition) is 7. The van der Waals surface area contributed by atoms with E-state index in [1.165, 1.54) is 19.1 Å². The van der Waals surface area contributed by atoms with Crippen molar-refractivity contribution in [3.05, 3.63) is 29.8 Å². The third-order valence-corrected chi connectivity index (χ3v) is 4.62. The van der Waals surface area contributed by atoms with Crippen LogP contribution >= 0.6 is 0 Å². The van der Waals surface area contributed by atoms with Gasteiger partial charge in [-0.25, -0.2) is 4.79 Å². The van der Waals surface area contributed by atoms with Crippen molar-refractivity contribution in [1.82, 2.24) is 16.0 Å². The highest BCUT2D eigenvalue weighted by atomic mass is 16.4. The first kappa shape index (κ1) is 26.9. The first-order valence-corrected chi connectivity index (χ1v) is 10.2. The summed E-state index contributed by atoms with van der Waals surface area (Å²) in [6.45, 7) is 4.42. The summed E-state index contributed by atoms with van der Waals surface area (Å²) in [5.74, 6) is -3.25. The highest BCUT2D eigenvalue weighted by molar-refractivity contribution is 5.94. The first-order chi connectivity index (χ1) is 14.9. The van der Waals surface area contributed by atoms with Crippen molar-refractivity contribution in [2.75, 3.05) is 6.61 Å². The van der Waals surface area contributed by atoms with Crippen LogP contribution in [-0.4, -0.2) is 69.8 Å². The molecule has 0 saturated carbocycles. The van der Waals surface area contributed by atoms with Crippen molar-refractivity contribution in [2.24, 2.45) is 11.7 Å². The number of benzene rings is 1. The molecule has 0 aliphatic heterocycles. The summed E-state index contributed by atoms with van der Waals surface area (Å²) in [7, 11) is 0. The van der Waals surface area contributed by atoms with Crippen molar-refractivity contribution in [3.63, 3.8) is 0 Å². The summed E-state index contributed by atoms with van der Waals surface area (Å²) in [6, 6.07) is 1.33. The molecule has 0 saturated heterocycles. The van der Waals surface area contributed by atoms with Crippen LogP contribution < -0.4 is 21.7 Å². The highest BCUT2D eigenvalue weighted by Gasteiger charge is 2.28. The lowest BCUT2D eigenvalue weighted by Crippen LogP contribution is -2.57. The Morgan fingerprint density at radius 2 is 1.47 bits per heavy atom. The number of carboxylic acid groups (broad SMARTS) is 1. The van der Waals surface area contributed by atoms with Crippen LogP contribution in [0.4, 0.5) is 0 Å². The van der Waals surface area contributed by atoms with Gasteiger partial charge >= 0.3 is 5.97 Å². The molecule has 178 valence electrons. The zero-order chi connectivity index (χ0) is 24.4. The number of phenols is 1. The number of rotatable bonds is 12. The Labute approximate surface area is 186 Å². The number of amides is 3. The average molecular weight is 453 g/mol. The van der Waals surface area contributed by atoms with Gasteiger partial charge in [0, 0.05) is 6.42 Å². The molecule has 11 heteroatoms. The van der Waals surface area contributed by atoms with Crippen LogP contribution in [0.3, 0.4) is 0 Å². The summed E-state index contributed by atoms with van der Waals surface area (Å²) in [6.07, 6.45) is 0.410. The van der Waals surface area contributed by atoms with Crippen molar-refractivity contribution in [1.29, 1.82) is 0 Å². The minimum Gasteiger partial charge on any atom is -0.508 e. The van der Waals surface area contributed by atoms with Crippen LogP contribution in [-0.2, 0) is 25.6 Å². The fourth-order valence-electron chi connectivity index (χ4n) is 2.83. The molecule has 3 amide bonds. The number of phenolic OH excluding ortho intramolecular Hbond substituents is 1. The Morgan fingerprint density at radius 3 is 1.97 bits per heavy atom. The number of carboxylic acids is 1. The molecule has 0 radical (unpaired) electrons. The van der Waals surface area contributed by atoms with Gasteiger partial charge in [-0.05, 0) is 37.0 Å². The van der Waals surface area contributed by atoms with Gasteiger partial charge in [-0.1, -0.05) is 26.0 Å². The number of aliphatic hydroxyl groups excluding tert-OH is 1.